The van der Waals surface area contributed by atoms with E-state index in [0.717, 1.165) is 6.07 Å². The number of nitrogens with one attached hydrogen (secondary N) is 1. The first-order valence-corrected chi connectivity index (χ1v) is 10.1. The fraction of sp³-hybridized carbons (Fsp3) is 0.235. The highest BCUT2D eigenvalue weighted by Gasteiger charge is 2.13. The molecule has 146 valence electrons. The van der Waals surface area contributed by atoms with Gasteiger partial charge in [-0.3, -0.25) is 9.52 Å². The molecule has 0 spiro atoms. The van der Waals surface area contributed by atoms with Gasteiger partial charge in [0.15, 0.2) is 5.75 Å². The number of anilines is 1. The second-order valence-corrected chi connectivity index (χ2v) is 8.43. The van der Waals surface area contributed by atoms with Crippen LogP contribution in [0.4, 0.5) is 10.1 Å². The van der Waals surface area contributed by atoms with Crippen molar-refractivity contribution in [2.45, 2.75) is 20.0 Å². The lowest BCUT2D eigenvalue weighted by atomic mass is 10.1. The molecule has 27 heavy (non-hydrogen) atoms. The topological polar surface area (TPSA) is 92.7 Å². The first kappa shape index (κ1) is 21.3. The van der Waals surface area contributed by atoms with Crippen LogP contribution >= 0.6 is 23.2 Å². The second-order valence-electron chi connectivity index (χ2n) is 5.60. The molecule has 0 heterocycles. The van der Waals surface area contributed by atoms with Gasteiger partial charge in [-0.1, -0.05) is 23.2 Å². The summed E-state index contributed by atoms with van der Waals surface area (Å²) in [4.78, 5) is 10.8. The fourth-order valence-electron chi connectivity index (χ4n) is 2.23. The molecule has 0 bridgehead atoms. The maximum Gasteiger partial charge on any atom is 0.307 e. The van der Waals surface area contributed by atoms with Crippen molar-refractivity contribution in [2.24, 2.45) is 0 Å². The third-order valence-corrected chi connectivity index (χ3v) is 5.28. The van der Waals surface area contributed by atoms with Gasteiger partial charge in [-0.2, -0.15) is 0 Å². The molecule has 10 heteroatoms. The summed E-state index contributed by atoms with van der Waals surface area (Å²) in [5, 5.41) is 9.04. The third kappa shape index (κ3) is 6.27. The summed E-state index contributed by atoms with van der Waals surface area (Å²) in [7, 11) is -3.55. The van der Waals surface area contributed by atoms with Gasteiger partial charge in [-0.15, -0.1) is 0 Å². The summed E-state index contributed by atoms with van der Waals surface area (Å²) in [6, 6.07) is 6.51. The van der Waals surface area contributed by atoms with Crippen LogP contribution in [-0.4, -0.2) is 25.2 Å². The van der Waals surface area contributed by atoms with Crippen LogP contribution in [0.15, 0.2) is 30.3 Å². The molecule has 2 aromatic carbocycles. The number of carboxylic acids is 1. The monoisotopic (exact) mass is 435 g/mol. The Balaban J connectivity index is 2.19. The highest BCUT2D eigenvalue weighted by atomic mass is 35.5. The van der Waals surface area contributed by atoms with Crippen LogP contribution in [-0.2, 0) is 27.8 Å². The molecule has 0 saturated heterocycles. The van der Waals surface area contributed by atoms with Crippen molar-refractivity contribution in [3.8, 4) is 5.75 Å². The summed E-state index contributed by atoms with van der Waals surface area (Å²) in [6.07, 6.45) is -0.245. The van der Waals surface area contributed by atoms with Crippen LogP contribution in [0.25, 0.3) is 0 Å². The Morgan fingerprint density at radius 2 is 1.78 bits per heavy atom. The van der Waals surface area contributed by atoms with E-state index < -0.39 is 21.8 Å². The van der Waals surface area contributed by atoms with Crippen LogP contribution in [0, 0.1) is 5.82 Å². The van der Waals surface area contributed by atoms with E-state index in [4.69, 9.17) is 33.0 Å². The molecular formula is C17H16Cl2FNO5S. The van der Waals surface area contributed by atoms with Gasteiger partial charge in [0.25, 0.3) is 0 Å². The molecule has 2 aromatic rings. The largest absolute Gasteiger partial charge is 0.486 e. The van der Waals surface area contributed by atoms with E-state index in [1.165, 1.54) is 31.2 Å². The first-order valence-electron chi connectivity index (χ1n) is 7.72. The summed E-state index contributed by atoms with van der Waals surface area (Å²) in [5.41, 5.74) is 0.835. The lowest BCUT2D eigenvalue weighted by Gasteiger charge is -2.13. The summed E-state index contributed by atoms with van der Waals surface area (Å²) in [5.74, 6) is -1.70. The fourth-order valence-corrected chi connectivity index (χ4v) is 3.49. The number of aliphatic carboxylic acids is 1. The van der Waals surface area contributed by atoms with Crippen molar-refractivity contribution < 1.29 is 27.4 Å². The predicted octanol–water partition coefficient (Wildman–Crippen LogP) is 4.10. The van der Waals surface area contributed by atoms with Crippen molar-refractivity contribution in [3.63, 3.8) is 0 Å². The molecule has 0 saturated carbocycles. The van der Waals surface area contributed by atoms with Crippen molar-refractivity contribution in [3.05, 3.63) is 57.3 Å². The lowest BCUT2D eigenvalue weighted by Crippen LogP contribution is -2.15. The van der Waals surface area contributed by atoms with Crippen LogP contribution in [0.2, 0.25) is 10.0 Å². The van der Waals surface area contributed by atoms with E-state index in [1.807, 2.05) is 0 Å². The zero-order chi connectivity index (χ0) is 20.2. The molecular weight excluding hydrogens is 420 g/mol. The predicted molar refractivity (Wildman–Crippen MR) is 102 cm³/mol. The van der Waals surface area contributed by atoms with E-state index in [-0.39, 0.29) is 40.3 Å². The number of sulfonamides is 1. The molecule has 0 fully saturated rings. The second kappa shape index (κ2) is 8.77. The number of carboxylic acid groups (broad SMARTS) is 1. The van der Waals surface area contributed by atoms with Gasteiger partial charge in [0.05, 0.1) is 27.9 Å². The van der Waals surface area contributed by atoms with Crippen molar-refractivity contribution in [1.82, 2.24) is 0 Å². The lowest BCUT2D eigenvalue weighted by molar-refractivity contribution is -0.136. The van der Waals surface area contributed by atoms with Gasteiger partial charge in [0, 0.05) is 0 Å². The Bertz CT molecular complexity index is 943. The number of hydrogen-bond acceptors (Lipinski definition) is 4. The first-order chi connectivity index (χ1) is 12.6. The SMILES string of the molecule is CCS(=O)(=O)Nc1cc(F)cc(COc2c(Cl)cc(CC(=O)O)cc2Cl)c1. The van der Waals surface area contributed by atoms with E-state index in [0.29, 0.717) is 11.1 Å². The Kier molecular flexibility index (Phi) is 6.91. The summed E-state index contributed by atoms with van der Waals surface area (Å²) >= 11 is 12.2. The van der Waals surface area contributed by atoms with Crippen molar-refractivity contribution in [2.75, 3.05) is 10.5 Å². The minimum atomic E-state index is -3.55. The Hall–Kier alpha value is -2.03. The highest BCUT2D eigenvalue weighted by Crippen LogP contribution is 2.35. The minimum Gasteiger partial charge on any atom is -0.486 e. The number of halogens is 3. The van der Waals surface area contributed by atoms with Gasteiger partial charge < -0.3 is 9.84 Å². The quantitative estimate of drug-likeness (QED) is 0.650. The smallest absolute Gasteiger partial charge is 0.307 e. The third-order valence-electron chi connectivity index (χ3n) is 3.41. The number of ether oxygens (including phenoxy) is 1. The average molecular weight is 436 g/mol. The highest BCUT2D eigenvalue weighted by molar-refractivity contribution is 7.92. The van der Waals surface area contributed by atoms with E-state index >= 15 is 0 Å². The Labute approximate surface area is 165 Å². The molecule has 6 nitrogen and oxygen atoms in total. The summed E-state index contributed by atoms with van der Waals surface area (Å²) in [6.45, 7) is 1.33. The number of benzene rings is 2. The number of hydrogen-bond donors (Lipinski definition) is 2. The molecule has 0 aliphatic rings. The number of carbonyl (C=O) groups is 1. The zero-order valence-electron chi connectivity index (χ0n) is 14.1. The summed E-state index contributed by atoms with van der Waals surface area (Å²) < 4.78 is 44.8. The average Bonchev–Trinajstić information content (AvgIpc) is 2.52. The zero-order valence-corrected chi connectivity index (χ0v) is 16.5. The molecule has 0 aliphatic carbocycles. The van der Waals surface area contributed by atoms with E-state index in [9.17, 15) is 17.6 Å². The van der Waals surface area contributed by atoms with Crippen LogP contribution in [0.1, 0.15) is 18.1 Å². The Morgan fingerprint density at radius 3 is 2.33 bits per heavy atom. The number of rotatable bonds is 8. The van der Waals surface area contributed by atoms with E-state index in [1.54, 1.807) is 0 Å². The molecule has 0 amide bonds. The van der Waals surface area contributed by atoms with Gasteiger partial charge in [0.1, 0.15) is 12.4 Å². The Morgan fingerprint density at radius 1 is 1.15 bits per heavy atom. The van der Waals surface area contributed by atoms with Gasteiger partial charge >= 0.3 is 5.97 Å². The van der Waals surface area contributed by atoms with E-state index in [2.05, 4.69) is 4.72 Å². The molecule has 0 radical (unpaired) electrons. The van der Waals surface area contributed by atoms with Crippen molar-refractivity contribution in [1.29, 1.82) is 0 Å². The normalized spacial score (nSPS) is 11.3. The molecule has 0 atom stereocenters. The molecule has 0 unspecified atom stereocenters. The van der Waals surface area contributed by atoms with Crippen LogP contribution < -0.4 is 9.46 Å². The van der Waals surface area contributed by atoms with Crippen LogP contribution in [0.3, 0.4) is 0 Å². The molecule has 2 N–H and O–H groups in total. The maximum atomic E-state index is 13.8. The molecule has 2 rings (SSSR count). The van der Waals surface area contributed by atoms with Gasteiger partial charge in [-0.05, 0) is 48.4 Å². The molecule has 0 aliphatic heterocycles. The van der Waals surface area contributed by atoms with Crippen LogP contribution in [0.5, 0.6) is 5.75 Å². The molecule has 0 aromatic heterocycles. The maximum absolute atomic E-state index is 13.8. The van der Waals surface area contributed by atoms with Crippen molar-refractivity contribution >= 4 is 44.9 Å². The van der Waals surface area contributed by atoms with Gasteiger partial charge in [-0.25, -0.2) is 12.8 Å². The standard InChI is InChI=1S/C17H16Cl2FNO5S/c1-2-27(24,25)21-13-4-11(3-12(20)8-13)9-26-17-14(18)5-10(6-15(17)19)7-16(22)23/h3-6,8,21H,2,7,9H2,1H3,(H,22,23). The van der Waals surface area contributed by atoms with Gasteiger partial charge in [0.2, 0.25) is 10.0 Å². The minimum absolute atomic E-state index is 0.0736.